The number of anilines is 1. The first kappa shape index (κ1) is 18.5. The highest BCUT2D eigenvalue weighted by Gasteiger charge is 2.19. The molecule has 7 nitrogen and oxygen atoms in total. The number of carbonyl (C=O) groups excluding carboxylic acids is 1. The van der Waals surface area contributed by atoms with Crippen molar-refractivity contribution in [3.8, 4) is 11.5 Å². The minimum absolute atomic E-state index is 0.161. The summed E-state index contributed by atoms with van der Waals surface area (Å²) in [5.74, 6) is 0.200. The van der Waals surface area contributed by atoms with Crippen LogP contribution in [0.5, 0.6) is 11.5 Å². The molecule has 1 unspecified atom stereocenters. The lowest BCUT2D eigenvalue weighted by atomic mass is 10.2. The monoisotopic (exact) mass is 364 g/mol. The zero-order valence-corrected chi connectivity index (χ0v) is 14.7. The predicted molar refractivity (Wildman–Crippen MR) is 94.6 cm³/mol. The molecule has 2 aromatic carbocycles. The van der Waals surface area contributed by atoms with Gasteiger partial charge in [0.25, 0.3) is 11.6 Å². The first-order valence-electron chi connectivity index (χ1n) is 7.38. The molecule has 1 N–H and O–H groups in total. The molecule has 1 amide bonds. The fourth-order valence-corrected chi connectivity index (χ4v) is 2.25. The Morgan fingerprint density at radius 3 is 2.60 bits per heavy atom. The zero-order chi connectivity index (χ0) is 18.6. The second-order valence-electron chi connectivity index (χ2n) is 5.32. The third-order valence-electron chi connectivity index (χ3n) is 3.41. The number of hydrogen-bond donors (Lipinski definition) is 1. The maximum atomic E-state index is 12.4. The summed E-state index contributed by atoms with van der Waals surface area (Å²) in [6, 6.07) is 9.16. The molecule has 132 valence electrons. The maximum absolute atomic E-state index is 12.4. The van der Waals surface area contributed by atoms with Crippen LogP contribution >= 0.6 is 11.6 Å². The van der Waals surface area contributed by atoms with Crippen LogP contribution in [0.4, 0.5) is 11.4 Å². The van der Waals surface area contributed by atoms with Crippen LogP contribution in [-0.2, 0) is 4.79 Å². The Hall–Kier alpha value is -2.80. The average Bonchev–Trinajstić information content (AvgIpc) is 2.57. The molecule has 0 aliphatic rings. The minimum atomic E-state index is -0.872. The second kappa shape index (κ2) is 7.85. The summed E-state index contributed by atoms with van der Waals surface area (Å²) in [5, 5.41) is 13.9. The fraction of sp³-hybridized carbons (Fsp3) is 0.235. The Kier molecular flexibility index (Phi) is 5.82. The van der Waals surface area contributed by atoms with Crippen molar-refractivity contribution in [2.24, 2.45) is 0 Å². The first-order chi connectivity index (χ1) is 11.8. The van der Waals surface area contributed by atoms with Gasteiger partial charge >= 0.3 is 0 Å². The van der Waals surface area contributed by atoms with Crippen LogP contribution in [0.3, 0.4) is 0 Å². The van der Waals surface area contributed by atoms with E-state index in [0.717, 1.165) is 5.56 Å². The summed E-state index contributed by atoms with van der Waals surface area (Å²) in [4.78, 5) is 22.7. The third-order valence-corrected chi connectivity index (χ3v) is 3.72. The Labute approximate surface area is 149 Å². The van der Waals surface area contributed by atoms with Crippen LogP contribution in [0, 0.1) is 17.0 Å². The van der Waals surface area contributed by atoms with Crippen molar-refractivity contribution in [1.29, 1.82) is 0 Å². The lowest BCUT2D eigenvalue weighted by molar-refractivity contribution is -0.384. The molecule has 0 radical (unpaired) electrons. The number of methoxy groups -OCH3 is 1. The van der Waals surface area contributed by atoms with E-state index in [4.69, 9.17) is 21.1 Å². The van der Waals surface area contributed by atoms with Crippen LogP contribution < -0.4 is 14.8 Å². The number of rotatable bonds is 6. The number of aryl methyl sites for hydroxylation is 1. The highest BCUT2D eigenvalue weighted by Crippen LogP contribution is 2.30. The normalized spacial score (nSPS) is 11.5. The van der Waals surface area contributed by atoms with Crippen LogP contribution in [0.15, 0.2) is 36.4 Å². The molecule has 0 aromatic heterocycles. The van der Waals surface area contributed by atoms with E-state index in [0.29, 0.717) is 16.5 Å². The first-order valence-corrected chi connectivity index (χ1v) is 7.75. The predicted octanol–water partition coefficient (Wildman–Crippen LogP) is 3.97. The molecule has 0 bridgehead atoms. The zero-order valence-electron chi connectivity index (χ0n) is 13.9. The van der Waals surface area contributed by atoms with Gasteiger partial charge in [0.05, 0.1) is 22.7 Å². The SMILES string of the molecule is COc1ccc([N+](=O)[O-])cc1NC(=O)C(C)Oc1cc(C)ccc1Cl. The summed E-state index contributed by atoms with van der Waals surface area (Å²) in [5.41, 5.74) is 0.964. The molecule has 25 heavy (non-hydrogen) atoms. The smallest absolute Gasteiger partial charge is 0.271 e. The van der Waals surface area contributed by atoms with Gasteiger partial charge in [-0.3, -0.25) is 14.9 Å². The van der Waals surface area contributed by atoms with Crippen LogP contribution in [-0.4, -0.2) is 24.0 Å². The second-order valence-corrected chi connectivity index (χ2v) is 5.73. The Balaban J connectivity index is 2.17. The Morgan fingerprint density at radius 2 is 1.96 bits per heavy atom. The molecular formula is C17H17ClN2O5. The molecular weight excluding hydrogens is 348 g/mol. The number of benzene rings is 2. The highest BCUT2D eigenvalue weighted by molar-refractivity contribution is 6.32. The van der Waals surface area contributed by atoms with Gasteiger partial charge in [0.2, 0.25) is 0 Å². The van der Waals surface area contributed by atoms with Crippen LogP contribution in [0.1, 0.15) is 12.5 Å². The molecule has 0 heterocycles. The van der Waals surface area contributed by atoms with E-state index in [2.05, 4.69) is 5.32 Å². The number of nitro groups is 1. The number of carbonyl (C=O) groups is 1. The topological polar surface area (TPSA) is 90.7 Å². The average molecular weight is 365 g/mol. The molecule has 8 heteroatoms. The number of nitrogens with zero attached hydrogens (tertiary/aromatic N) is 1. The molecule has 0 saturated carbocycles. The molecule has 2 rings (SSSR count). The van der Waals surface area contributed by atoms with Gasteiger partial charge in [-0.15, -0.1) is 0 Å². The van der Waals surface area contributed by atoms with Gasteiger partial charge in [0.1, 0.15) is 11.5 Å². The molecule has 0 fully saturated rings. The highest BCUT2D eigenvalue weighted by atomic mass is 35.5. The Bertz CT molecular complexity index is 810. The summed E-state index contributed by atoms with van der Waals surface area (Å²) >= 11 is 6.06. The molecule has 0 spiro atoms. The number of amides is 1. The van der Waals surface area contributed by atoms with Crippen molar-refractivity contribution in [1.82, 2.24) is 0 Å². The lowest BCUT2D eigenvalue weighted by Crippen LogP contribution is -2.30. The van der Waals surface area contributed by atoms with Crippen molar-refractivity contribution in [2.75, 3.05) is 12.4 Å². The number of non-ortho nitro benzene ring substituents is 1. The largest absolute Gasteiger partial charge is 0.495 e. The van der Waals surface area contributed by atoms with Gasteiger partial charge in [-0.2, -0.15) is 0 Å². The number of hydrogen-bond acceptors (Lipinski definition) is 5. The standard InChI is InChI=1S/C17H17ClN2O5/c1-10-4-6-13(18)16(8-10)25-11(2)17(21)19-14-9-12(20(22)23)5-7-15(14)24-3/h4-9,11H,1-3H3,(H,19,21). The number of ether oxygens (including phenoxy) is 2. The van der Waals surface area contributed by atoms with Gasteiger partial charge in [0, 0.05) is 12.1 Å². The molecule has 0 saturated heterocycles. The fourth-order valence-electron chi connectivity index (χ4n) is 2.09. The van der Waals surface area contributed by atoms with Gasteiger partial charge in [-0.1, -0.05) is 17.7 Å². The van der Waals surface area contributed by atoms with Gasteiger partial charge in [0.15, 0.2) is 6.10 Å². The van der Waals surface area contributed by atoms with E-state index < -0.39 is 16.9 Å². The van der Waals surface area contributed by atoms with Crippen molar-refractivity contribution in [3.63, 3.8) is 0 Å². The molecule has 1 atom stereocenters. The van der Waals surface area contributed by atoms with Gasteiger partial charge < -0.3 is 14.8 Å². The summed E-state index contributed by atoms with van der Waals surface area (Å²) in [6.45, 7) is 3.43. The van der Waals surface area contributed by atoms with E-state index >= 15 is 0 Å². The molecule has 0 aliphatic heterocycles. The summed E-state index contributed by atoms with van der Waals surface area (Å²) < 4.78 is 10.7. The third kappa shape index (κ3) is 4.60. The van der Waals surface area contributed by atoms with E-state index in [1.807, 2.05) is 13.0 Å². The minimum Gasteiger partial charge on any atom is -0.495 e. The molecule has 0 aliphatic carbocycles. The van der Waals surface area contributed by atoms with Crippen molar-refractivity contribution in [2.45, 2.75) is 20.0 Å². The van der Waals surface area contributed by atoms with E-state index in [-0.39, 0.29) is 11.4 Å². The number of nitro benzene ring substituents is 1. The molecule has 2 aromatic rings. The lowest BCUT2D eigenvalue weighted by Gasteiger charge is -2.17. The van der Waals surface area contributed by atoms with Crippen molar-refractivity contribution in [3.05, 3.63) is 57.1 Å². The quantitative estimate of drug-likeness (QED) is 0.618. The van der Waals surface area contributed by atoms with Gasteiger partial charge in [-0.05, 0) is 37.6 Å². The summed E-state index contributed by atoms with van der Waals surface area (Å²) in [6.07, 6.45) is -0.872. The van der Waals surface area contributed by atoms with Crippen LogP contribution in [0.25, 0.3) is 0 Å². The Morgan fingerprint density at radius 1 is 1.24 bits per heavy atom. The van der Waals surface area contributed by atoms with Gasteiger partial charge in [-0.25, -0.2) is 0 Å². The van der Waals surface area contributed by atoms with E-state index in [9.17, 15) is 14.9 Å². The van der Waals surface area contributed by atoms with E-state index in [1.165, 1.54) is 25.3 Å². The van der Waals surface area contributed by atoms with Crippen molar-refractivity contribution < 1.29 is 19.2 Å². The number of halogens is 1. The van der Waals surface area contributed by atoms with E-state index in [1.54, 1.807) is 19.1 Å². The van der Waals surface area contributed by atoms with Crippen LogP contribution in [0.2, 0.25) is 5.02 Å². The maximum Gasteiger partial charge on any atom is 0.271 e. The van der Waals surface area contributed by atoms with Crippen molar-refractivity contribution >= 4 is 28.9 Å². The number of nitrogens with one attached hydrogen (secondary N) is 1. The summed E-state index contributed by atoms with van der Waals surface area (Å²) in [7, 11) is 1.41.